The SMILES string of the molecule is CC(C)=CC(=O)CCCCC(=O)N1CCN(c2nc(-c3cnc(N)nc3C(F)F)nc(N3CCOCC3)n2)CC1. The minimum atomic E-state index is -2.90. The number of ether oxygens (including phenoxy) is 1. The molecule has 0 aromatic carbocycles. The van der Waals surface area contributed by atoms with Crippen LogP contribution in [0.15, 0.2) is 17.8 Å². The Morgan fingerprint density at radius 2 is 1.57 bits per heavy atom. The van der Waals surface area contributed by atoms with Crippen LogP contribution in [0.2, 0.25) is 0 Å². The van der Waals surface area contributed by atoms with E-state index in [1.807, 2.05) is 23.6 Å². The molecule has 2 aromatic rings. The van der Waals surface area contributed by atoms with E-state index >= 15 is 0 Å². The van der Waals surface area contributed by atoms with Crippen LogP contribution in [0.3, 0.4) is 0 Å². The number of nitrogen functional groups attached to an aromatic ring is 1. The average molecular weight is 560 g/mol. The number of carbonyl (C=O) groups is 2. The second-order valence-electron chi connectivity index (χ2n) is 9.95. The zero-order chi connectivity index (χ0) is 28.6. The molecule has 0 aliphatic carbocycles. The molecule has 1 amide bonds. The molecule has 4 rings (SSSR count). The number of morpholine rings is 1. The Morgan fingerprint density at radius 3 is 2.20 bits per heavy atom. The third-order valence-electron chi connectivity index (χ3n) is 6.62. The number of nitrogens with two attached hydrogens (primary N) is 1. The van der Waals surface area contributed by atoms with Crippen molar-refractivity contribution in [3.05, 3.63) is 23.5 Å². The number of anilines is 3. The van der Waals surface area contributed by atoms with Gasteiger partial charge in [-0.3, -0.25) is 9.59 Å². The van der Waals surface area contributed by atoms with Crippen molar-refractivity contribution < 1.29 is 23.1 Å². The van der Waals surface area contributed by atoms with E-state index in [0.29, 0.717) is 90.1 Å². The Kier molecular flexibility index (Phi) is 9.85. The van der Waals surface area contributed by atoms with Gasteiger partial charge in [-0.2, -0.15) is 15.0 Å². The summed E-state index contributed by atoms with van der Waals surface area (Å²) in [6.07, 6.45) is 2.08. The summed E-state index contributed by atoms with van der Waals surface area (Å²) in [4.78, 5) is 51.4. The number of hydrogen-bond acceptors (Lipinski definition) is 11. The minimum absolute atomic E-state index is 0.0146. The van der Waals surface area contributed by atoms with Crippen molar-refractivity contribution in [2.24, 2.45) is 0 Å². The molecule has 0 atom stereocenters. The van der Waals surface area contributed by atoms with Gasteiger partial charge in [0.05, 0.1) is 18.8 Å². The molecule has 12 nitrogen and oxygen atoms in total. The number of piperazine rings is 1. The molecule has 216 valence electrons. The Hall–Kier alpha value is -3.81. The van der Waals surface area contributed by atoms with Crippen LogP contribution in [-0.4, -0.2) is 94.0 Å². The van der Waals surface area contributed by atoms with Gasteiger partial charge in [0, 0.05) is 58.3 Å². The van der Waals surface area contributed by atoms with Gasteiger partial charge in [0.2, 0.25) is 23.8 Å². The Bertz CT molecular complexity index is 1230. The number of unbranched alkanes of at least 4 members (excludes halogenated alkanes) is 1. The second kappa shape index (κ2) is 13.5. The van der Waals surface area contributed by atoms with E-state index < -0.39 is 12.1 Å². The average Bonchev–Trinajstić information content (AvgIpc) is 2.95. The zero-order valence-electron chi connectivity index (χ0n) is 22.9. The maximum absolute atomic E-state index is 13.8. The summed E-state index contributed by atoms with van der Waals surface area (Å²) in [6.45, 7) is 7.72. The summed E-state index contributed by atoms with van der Waals surface area (Å²) >= 11 is 0. The number of amides is 1. The first-order chi connectivity index (χ1) is 19.2. The van der Waals surface area contributed by atoms with Gasteiger partial charge < -0.3 is 25.2 Å². The molecule has 0 saturated carbocycles. The summed E-state index contributed by atoms with van der Waals surface area (Å²) < 4.78 is 33.1. The number of carbonyl (C=O) groups excluding carboxylic acids is 2. The van der Waals surface area contributed by atoms with Gasteiger partial charge in [0.25, 0.3) is 6.43 Å². The third kappa shape index (κ3) is 7.64. The van der Waals surface area contributed by atoms with Crippen LogP contribution in [0.1, 0.15) is 51.7 Å². The number of allylic oxidation sites excluding steroid dienone is 2. The second-order valence-corrected chi connectivity index (χ2v) is 9.95. The van der Waals surface area contributed by atoms with E-state index in [1.54, 1.807) is 11.0 Å². The molecule has 40 heavy (non-hydrogen) atoms. The Balaban J connectivity index is 1.45. The lowest BCUT2D eigenvalue weighted by molar-refractivity contribution is -0.131. The van der Waals surface area contributed by atoms with Crippen molar-refractivity contribution in [3.63, 3.8) is 0 Å². The topological polar surface area (TPSA) is 144 Å². The minimum Gasteiger partial charge on any atom is -0.378 e. The maximum Gasteiger partial charge on any atom is 0.281 e. The monoisotopic (exact) mass is 559 g/mol. The first-order valence-corrected chi connectivity index (χ1v) is 13.4. The fourth-order valence-electron chi connectivity index (χ4n) is 4.55. The molecule has 2 aliphatic rings. The molecule has 0 spiro atoms. The van der Waals surface area contributed by atoms with E-state index in [9.17, 15) is 18.4 Å². The fourth-order valence-corrected chi connectivity index (χ4v) is 4.55. The highest BCUT2D eigenvalue weighted by Crippen LogP contribution is 2.30. The number of rotatable bonds is 10. The smallest absolute Gasteiger partial charge is 0.281 e. The van der Waals surface area contributed by atoms with Crippen LogP contribution < -0.4 is 15.5 Å². The van der Waals surface area contributed by atoms with Crippen molar-refractivity contribution in [1.29, 1.82) is 0 Å². The lowest BCUT2D eigenvalue weighted by atomic mass is 10.1. The lowest BCUT2D eigenvalue weighted by Gasteiger charge is -2.35. The first-order valence-electron chi connectivity index (χ1n) is 13.4. The van der Waals surface area contributed by atoms with Gasteiger partial charge in [0.1, 0.15) is 5.69 Å². The predicted molar refractivity (Wildman–Crippen MR) is 145 cm³/mol. The van der Waals surface area contributed by atoms with Crippen LogP contribution in [-0.2, 0) is 14.3 Å². The number of nitrogens with zero attached hydrogens (tertiary/aromatic N) is 8. The molecule has 2 N–H and O–H groups in total. The molecule has 2 fully saturated rings. The summed E-state index contributed by atoms with van der Waals surface area (Å²) in [5, 5.41) is 0. The summed E-state index contributed by atoms with van der Waals surface area (Å²) in [6, 6.07) is 0. The molecule has 0 unspecified atom stereocenters. The van der Waals surface area contributed by atoms with Crippen molar-refractivity contribution in [2.75, 3.05) is 68.0 Å². The van der Waals surface area contributed by atoms with E-state index in [4.69, 9.17) is 10.5 Å². The largest absolute Gasteiger partial charge is 0.378 e. The standard InChI is InChI=1S/C26H35F2N9O3/c1-17(2)15-18(38)5-3-4-6-20(39)35-7-9-36(10-8-35)25-32-23(19-16-30-24(29)31-21(19)22(27)28)33-26(34-25)37-11-13-40-14-12-37/h15-16,22H,3-14H2,1-2H3,(H2,29,30,31). The summed E-state index contributed by atoms with van der Waals surface area (Å²) in [5.74, 6) is 0.570. The predicted octanol–water partition coefficient (Wildman–Crippen LogP) is 2.43. The van der Waals surface area contributed by atoms with E-state index in [-0.39, 0.29) is 29.0 Å². The number of alkyl halides is 2. The highest BCUT2D eigenvalue weighted by atomic mass is 19.3. The number of halogens is 2. The highest BCUT2D eigenvalue weighted by molar-refractivity contribution is 5.90. The maximum atomic E-state index is 13.8. The van der Waals surface area contributed by atoms with Gasteiger partial charge in [-0.25, -0.2) is 18.7 Å². The number of hydrogen-bond donors (Lipinski definition) is 1. The molecule has 14 heteroatoms. The fraction of sp³-hybridized carbons (Fsp3) is 0.577. The van der Waals surface area contributed by atoms with Crippen LogP contribution in [0.25, 0.3) is 11.4 Å². The van der Waals surface area contributed by atoms with Gasteiger partial charge in [-0.1, -0.05) is 5.57 Å². The van der Waals surface area contributed by atoms with Gasteiger partial charge >= 0.3 is 0 Å². The molecular formula is C26H35F2N9O3. The molecule has 0 radical (unpaired) electrons. The molecule has 2 saturated heterocycles. The van der Waals surface area contributed by atoms with Crippen molar-refractivity contribution >= 4 is 29.5 Å². The van der Waals surface area contributed by atoms with Gasteiger partial charge in [-0.05, 0) is 32.8 Å². The quantitative estimate of drug-likeness (QED) is 0.339. The van der Waals surface area contributed by atoms with E-state index in [1.165, 1.54) is 6.20 Å². The molecule has 2 aromatic heterocycles. The van der Waals surface area contributed by atoms with Crippen LogP contribution >= 0.6 is 0 Å². The molecule has 2 aliphatic heterocycles. The third-order valence-corrected chi connectivity index (χ3v) is 6.62. The van der Waals surface area contributed by atoms with Crippen molar-refractivity contribution in [2.45, 2.75) is 46.0 Å². The van der Waals surface area contributed by atoms with Crippen molar-refractivity contribution in [1.82, 2.24) is 29.8 Å². The Labute approximate surface area is 231 Å². The van der Waals surface area contributed by atoms with Crippen LogP contribution in [0.4, 0.5) is 26.6 Å². The lowest BCUT2D eigenvalue weighted by Crippen LogP contribution is -2.49. The van der Waals surface area contributed by atoms with E-state index in [0.717, 1.165) is 5.57 Å². The van der Waals surface area contributed by atoms with Gasteiger partial charge in [0.15, 0.2) is 11.6 Å². The van der Waals surface area contributed by atoms with Crippen molar-refractivity contribution in [3.8, 4) is 11.4 Å². The Morgan fingerprint density at radius 1 is 0.950 bits per heavy atom. The van der Waals surface area contributed by atoms with E-state index in [2.05, 4.69) is 24.9 Å². The van der Waals surface area contributed by atoms with Gasteiger partial charge in [-0.15, -0.1) is 0 Å². The number of aromatic nitrogens is 5. The molecular weight excluding hydrogens is 524 g/mol. The molecule has 0 bridgehead atoms. The molecule has 4 heterocycles. The summed E-state index contributed by atoms with van der Waals surface area (Å²) in [7, 11) is 0. The summed E-state index contributed by atoms with van der Waals surface area (Å²) in [5.41, 5.74) is 5.96. The highest BCUT2D eigenvalue weighted by Gasteiger charge is 2.27. The van der Waals surface area contributed by atoms with Crippen LogP contribution in [0, 0.1) is 0 Å². The number of ketones is 1. The normalized spacial score (nSPS) is 15.9. The first kappa shape index (κ1) is 29.2. The van der Waals surface area contributed by atoms with Crippen LogP contribution in [0.5, 0.6) is 0 Å². The zero-order valence-corrected chi connectivity index (χ0v) is 22.9.